The van der Waals surface area contributed by atoms with Crippen molar-refractivity contribution in [2.45, 2.75) is 45.7 Å². The summed E-state index contributed by atoms with van der Waals surface area (Å²) in [6, 6.07) is 7.65. The zero-order valence-electron chi connectivity index (χ0n) is 15.2. The summed E-state index contributed by atoms with van der Waals surface area (Å²) in [6.45, 7) is 7.74. The number of carbonyl (C=O) groups is 2. The molecule has 1 aliphatic heterocycles. The predicted octanol–water partition coefficient (Wildman–Crippen LogP) is 2.75. The van der Waals surface area contributed by atoms with Crippen molar-refractivity contribution < 1.29 is 9.59 Å². The fourth-order valence-corrected chi connectivity index (χ4v) is 3.30. The molecule has 0 radical (unpaired) electrons. The molecule has 25 heavy (non-hydrogen) atoms. The quantitative estimate of drug-likeness (QED) is 0.814. The third kappa shape index (κ3) is 6.01. The second kappa shape index (κ2) is 9.20. The minimum absolute atomic E-state index is 0.00270. The van der Waals surface area contributed by atoms with Crippen molar-refractivity contribution in [3.8, 4) is 0 Å². The van der Waals surface area contributed by atoms with Crippen molar-refractivity contribution in [2.75, 3.05) is 19.6 Å². The van der Waals surface area contributed by atoms with Crippen LogP contribution in [0.25, 0.3) is 0 Å². The molecule has 0 spiro atoms. The first-order chi connectivity index (χ1) is 11.9. The first kappa shape index (κ1) is 19.7. The van der Waals surface area contributed by atoms with Gasteiger partial charge >= 0.3 is 0 Å². The standard InChI is InChI=1S/C19H28ClN3O2/c1-13(2)19(25)22-15-8-10-23(11-9-15)12-18(24)21-14(3)16-6-4-5-7-17(16)20/h4-7,13-15H,8-12H2,1-3H3,(H,21,24)(H,22,25). The van der Waals surface area contributed by atoms with Crippen LogP contribution in [-0.2, 0) is 9.59 Å². The van der Waals surface area contributed by atoms with Crippen LogP contribution in [0.15, 0.2) is 24.3 Å². The Balaban J connectivity index is 1.75. The fourth-order valence-electron chi connectivity index (χ4n) is 3.00. The van der Waals surface area contributed by atoms with Crippen LogP contribution in [0, 0.1) is 5.92 Å². The summed E-state index contributed by atoms with van der Waals surface area (Å²) in [5, 5.41) is 6.74. The number of amides is 2. The molecule has 1 heterocycles. The second-order valence-corrected chi connectivity index (χ2v) is 7.43. The molecule has 2 rings (SSSR count). The molecule has 1 saturated heterocycles. The van der Waals surface area contributed by atoms with Crippen molar-refractivity contribution >= 4 is 23.4 Å². The van der Waals surface area contributed by atoms with Crippen LogP contribution in [0.3, 0.4) is 0 Å². The molecule has 2 N–H and O–H groups in total. The highest BCUT2D eigenvalue weighted by molar-refractivity contribution is 6.31. The van der Waals surface area contributed by atoms with Crippen molar-refractivity contribution in [3.05, 3.63) is 34.9 Å². The van der Waals surface area contributed by atoms with Gasteiger partial charge in [0.25, 0.3) is 0 Å². The van der Waals surface area contributed by atoms with E-state index in [1.165, 1.54) is 0 Å². The summed E-state index contributed by atoms with van der Waals surface area (Å²) >= 11 is 6.18. The molecule has 1 atom stereocenters. The molecule has 6 heteroatoms. The van der Waals surface area contributed by atoms with Gasteiger partial charge < -0.3 is 10.6 Å². The van der Waals surface area contributed by atoms with E-state index in [4.69, 9.17) is 11.6 Å². The third-order valence-electron chi connectivity index (χ3n) is 4.57. The number of likely N-dealkylation sites (tertiary alicyclic amines) is 1. The zero-order valence-corrected chi connectivity index (χ0v) is 16.0. The fraction of sp³-hybridized carbons (Fsp3) is 0.579. The van der Waals surface area contributed by atoms with E-state index < -0.39 is 0 Å². The Morgan fingerprint density at radius 3 is 2.44 bits per heavy atom. The number of benzene rings is 1. The zero-order chi connectivity index (χ0) is 18.4. The SMILES string of the molecule is CC(C)C(=O)NC1CCN(CC(=O)NC(C)c2ccccc2Cl)CC1. The van der Waals surface area contributed by atoms with Crippen LogP contribution in [0.5, 0.6) is 0 Å². The number of carbonyl (C=O) groups excluding carboxylic acids is 2. The molecule has 0 saturated carbocycles. The number of nitrogens with one attached hydrogen (secondary N) is 2. The number of halogens is 1. The van der Waals surface area contributed by atoms with Crippen LogP contribution in [0.2, 0.25) is 5.02 Å². The molecule has 2 amide bonds. The van der Waals surface area contributed by atoms with Crippen LogP contribution in [0.1, 0.15) is 45.2 Å². The minimum Gasteiger partial charge on any atom is -0.353 e. The Kier molecular flexibility index (Phi) is 7.26. The molecular weight excluding hydrogens is 338 g/mol. The van der Waals surface area contributed by atoms with E-state index in [1.807, 2.05) is 45.0 Å². The van der Waals surface area contributed by atoms with Crippen molar-refractivity contribution in [2.24, 2.45) is 5.92 Å². The lowest BCUT2D eigenvalue weighted by Crippen LogP contribution is -2.48. The lowest BCUT2D eigenvalue weighted by molar-refractivity contribution is -0.126. The Morgan fingerprint density at radius 2 is 1.84 bits per heavy atom. The maximum absolute atomic E-state index is 12.3. The van der Waals surface area contributed by atoms with Gasteiger partial charge in [-0.2, -0.15) is 0 Å². The topological polar surface area (TPSA) is 61.4 Å². The van der Waals surface area contributed by atoms with E-state index in [0.717, 1.165) is 31.5 Å². The highest BCUT2D eigenvalue weighted by atomic mass is 35.5. The van der Waals surface area contributed by atoms with Crippen LogP contribution < -0.4 is 10.6 Å². The highest BCUT2D eigenvalue weighted by Crippen LogP contribution is 2.22. The first-order valence-electron chi connectivity index (χ1n) is 8.93. The lowest BCUT2D eigenvalue weighted by atomic mass is 10.0. The average Bonchev–Trinajstić information content (AvgIpc) is 2.56. The summed E-state index contributed by atoms with van der Waals surface area (Å²) in [5.41, 5.74) is 0.924. The maximum Gasteiger partial charge on any atom is 0.234 e. The molecule has 1 aromatic rings. The number of piperidine rings is 1. The van der Waals surface area contributed by atoms with Gasteiger partial charge in [0.2, 0.25) is 11.8 Å². The van der Waals surface area contributed by atoms with Gasteiger partial charge in [0, 0.05) is 30.1 Å². The van der Waals surface area contributed by atoms with E-state index >= 15 is 0 Å². The maximum atomic E-state index is 12.3. The van der Waals surface area contributed by atoms with E-state index in [-0.39, 0.29) is 29.8 Å². The number of hydrogen-bond donors (Lipinski definition) is 2. The summed E-state index contributed by atoms with van der Waals surface area (Å²) in [6.07, 6.45) is 1.76. The Hall–Kier alpha value is -1.59. The highest BCUT2D eigenvalue weighted by Gasteiger charge is 2.23. The smallest absolute Gasteiger partial charge is 0.234 e. The molecule has 138 valence electrons. The van der Waals surface area contributed by atoms with Gasteiger partial charge in [-0.3, -0.25) is 14.5 Å². The molecular formula is C19H28ClN3O2. The van der Waals surface area contributed by atoms with Gasteiger partial charge in [-0.15, -0.1) is 0 Å². The van der Waals surface area contributed by atoms with E-state index in [9.17, 15) is 9.59 Å². The molecule has 0 bridgehead atoms. The molecule has 0 aliphatic carbocycles. The summed E-state index contributed by atoms with van der Waals surface area (Å²) in [7, 11) is 0. The first-order valence-corrected chi connectivity index (χ1v) is 9.31. The van der Waals surface area contributed by atoms with Crippen LogP contribution in [-0.4, -0.2) is 42.4 Å². The van der Waals surface area contributed by atoms with Crippen LogP contribution in [0.4, 0.5) is 0 Å². The molecule has 0 aromatic heterocycles. The van der Waals surface area contributed by atoms with Gasteiger partial charge in [0.1, 0.15) is 0 Å². The van der Waals surface area contributed by atoms with E-state index in [0.29, 0.717) is 11.6 Å². The van der Waals surface area contributed by atoms with Crippen molar-refractivity contribution in [3.63, 3.8) is 0 Å². The Labute approximate surface area is 155 Å². The second-order valence-electron chi connectivity index (χ2n) is 7.02. The van der Waals surface area contributed by atoms with Crippen molar-refractivity contribution in [1.82, 2.24) is 15.5 Å². The predicted molar refractivity (Wildman–Crippen MR) is 100 cm³/mol. The van der Waals surface area contributed by atoms with Gasteiger partial charge in [-0.25, -0.2) is 0 Å². The van der Waals surface area contributed by atoms with Gasteiger partial charge in [-0.1, -0.05) is 43.6 Å². The Morgan fingerprint density at radius 1 is 1.20 bits per heavy atom. The van der Waals surface area contributed by atoms with E-state index in [1.54, 1.807) is 0 Å². The molecule has 1 fully saturated rings. The number of hydrogen-bond acceptors (Lipinski definition) is 3. The summed E-state index contributed by atoms with van der Waals surface area (Å²) in [4.78, 5) is 26.2. The lowest BCUT2D eigenvalue weighted by Gasteiger charge is -2.32. The normalized spacial score (nSPS) is 17.3. The van der Waals surface area contributed by atoms with Gasteiger partial charge in [-0.05, 0) is 31.4 Å². The molecule has 1 aliphatic rings. The monoisotopic (exact) mass is 365 g/mol. The number of nitrogens with zero attached hydrogens (tertiary/aromatic N) is 1. The van der Waals surface area contributed by atoms with Gasteiger partial charge in [0.05, 0.1) is 12.6 Å². The molecule has 1 aromatic carbocycles. The number of rotatable bonds is 6. The van der Waals surface area contributed by atoms with Gasteiger partial charge in [0.15, 0.2) is 0 Å². The minimum atomic E-state index is -0.121. The third-order valence-corrected chi connectivity index (χ3v) is 4.92. The Bertz CT molecular complexity index is 598. The largest absolute Gasteiger partial charge is 0.353 e. The molecule has 5 nitrogen and oxygen atoms in total. The summed E-state index contributed by atoms with van der Waals surface area (Å²) in [5.74, 6) is 0.108. The summed E-state index contributed by atoms with van der Waals surface area (Å²) < 4.78 is 0. The average molecular weight is 366 g/mol. The van der Waals surface area contributed by atoms with E-state index in [2.05, 4.69) is 15.5 Å². The van der Waals surface area contributed by atoms with Crippen molar-refractivity contribution in [1.29, 1.82) is 0 Å². The molecule has 1 unspecified atom stereocenters. The van der Waals surface area contributed by atoms with Crippen LogP contribution >= 0.6 is 11.6 Å².